The Bertz CT molecular complexity index is 1060. The van der Waals surface area contributed by atoms with Gasteiger partial charge < -0.3 is 25.0 Å². The third-order valence-electron chi connectivity index (χ3n) is 6.42. The number of aliphatic hydroxyl groups is 1. The van der Waals surface area contributed by atoms with Crippen molar-refractivity contribution in [1.82, 2.24) is 15.1 Å². The second kappa shape index (κ2) is 9.51. The Morgan fingerprint density at radius 3 is 2.68 bits per heavy atom. The molecule has 0 radical (unpaired) electrons. The molecular weight excluding hydrogens is 480 g/mol. The first-order valence-corrected chi connectivity index (χ1v) is 12.2. The molecule has 2 saturated heterocycles. The number of carbonyl (C=O) groups excluding carboxylic acids is 2. The Morgan fingerprint density at radius 1 is 1.41 bits per heavy atom. The monoisotopic (exact) mass is 506 g/mol. The van der Waals surface area contributed by atoms with Crippen molar-refractivity contribution in [2.24, 2.45) is 11.8 Å². The number of non-ortho nitro benzene ring substituents is 1. The number of nitrogens with one attached hydrogen (secondary N) is 1. The number of benzene rings is 1. The van der Waals surface area contributed by atoms with Crippen molar-refractivity contribution in [3.8, 4) is 0 Å². The van der Waals surface area contributed by atoms with Gasteiger partial charge in [0.1, 0.15) is 12.3 Å². The molecule has 182 valence electrons. The number of rotatable bonds is 7. The molecule has 0 bridgehead atoms. The van der Waals surface area contributed by atoms with Crippen LogP contribution >= 0.6 is 24.0 Å². The van der Waals surface area contributed by atoms with Crippen molar-refractivity contribution in [2.75, 3.05) is 20.1 Å². The van der Waals surface area contributed by atoms with Gasteiger partial charge in [-0.05, 0) is 36.8 Å². The Hall–Kier alpha value is -2.70. The van der Waals surface area contributed by atoms with Crippen LogP contribution in [-0.2, 0) is 20.9 Å². The number of thioether (sulfide) groups is 1. The highest BCUT2D eigenvalue weighted by molar-refractivity contribution is 8.03. The van der Waals surface area contributed by atoms with Gasteiger partial charge in [0.15, 0.2) is 5.11 Å². The fourth-order valence-electron chi connectivity index (χ4n) is 4.65. The number of esters is 1. The number of thiocarbonyl (C=S) groups is 1. The number of nitro benzene ring substituents is 1. The van der Waals surface area contributed by atoms with E-state index in [0.29, 0.717) is 23.8 Å². The number of aliphatic hydroxyl groups excluding tert-OH is 1. The molecule has 34 heavy (non-hydrogen) atoms. The molecule has 2 fully saturated rings. The summed E-state index contributed by atoms with van der Waals surface area (Å²) >= 11 is 6.80. The first-order valence-electron chi connectivity index (χ1n) is 10.9. The summed E-state index contributed by atoms with van der Waals surface area (Å²) in [5, 5.41) is 24.9. The standard InChI is InChI=1S/C22H26N4O6S2/c1-11-17-16(12(2)27)20(28)25(17)18(19(11)34-15-8-23-22(33)24(3)9-15)21(29)32-10-13-4-6-14(7-5-13)26(30)31/h4-7,11-12,15-17,27H,8-10H2,1-3H3,(H,23,33)/t11-,12-,15?,16-,17-/m1/s1. The number of hydrogen-bond donors (Lipinski definition) is 2. The number of β-lactam (4-membered cyclic amide) rings is 1. The van der Waals surface area contributed by atoms with Gasteiger partial charge in [-0.15, -0.1) is 11.8 Å². The Labute approximate surface area is 206 Å². The van der Waals surface area contributed by atoms with Crippen molar-refractivity contribution >= 4 is 46.7 Å². The van der Waals surface area contributed by atoms with Crippen LogP contribution < -0.4 is 5.32 Å². The molecule has 0 saturated carbocycles. The molecule has 3 heterocycles. The number of nitro groups is 1. The zero-order chi connectivity index (χ0) is 24.7. The molecule has 1 amide bonds. The van der Waals surface area contributed by atoms with Gasteiger partial charge in [0.05, 0.1) is 23.0 Å². The van der Waals surface area contributed by atoms with Crippen LogP contribution in [0, 0.1) is 22.0 Å². The highest BCUT2D eigenvalue weighted by Gasteiger charge is 2.60. The fraction of sp³-hybridized carbons (Fsp3) is 0.500. The van der Waals surface area contributed by atoms with Gasteiger partial charge >= 0.3 is 5.97 Å². The van der Waals surface area contributed by atoms with Crippen LogP contribution in [0.15, 0.2) is 34.9 Å². The fourth-order valence-corrected chi connectivity index (χ4v) is 6.28. The first-order chi connectivity index (χ1) is 16.1. The second-order valence-electron chi connectivity index (χ2n) is 8.77. The van der Waals surface area contributed by atoms with E-state index in [-0.39, 0.29) is 41.1 Å². The summed E-state index contributed by atoms with van der Waals surface area (Å²) in [5.74, 6) is -1.61. The molecule has 1 unspecified atom stereocenters. The molecule has 10 nitrogen and oxygen atoms in total. The predicted molar refractivity (Wildman–Crippen MR) is 129 cm³/mol. The average Bonchev–Trinajstić information content (AvgIpc) is 3.02. The lowest BCUT2D eigenvalue weighted by Crippen LogP contribution is -2.63. The van der Waals surface area contributed by atoms with Gasteiger partial charge in [-0.25, -0.2) is 4.79 Å². The second-order valence-corrected chi connectivity index (χ2v) is 10.5. The lowest BCUT2D eigenvalue weighted by molar-refractivity contribution is -0.384. The molecule has 2 N–H and O–H groups in total. The van der Waals surface area contributed by atoms with Crippen LogP contribution in [0.5, 0.6) is 0 Å². The van der Waals surface area contributed by atoms with Gasteiger partial charge in [0.25, 0.3) is 5.69 Å². The van der Waals surface area contributed by atoms with Crippen LogP contribution in [0.4, 0.5) is 5.69 Å². The summed E-state index contributed by atoms with van der Waals surface area (Å²) in [4.78, 5) is 40.6. The molecule has 0 aliphatic carbocycles. The molecule has 1 aromatic carbocycles. The minimum Gasteiger partial charge on any atom is -0.456 e. The molecule has 0 aromatic heterocycles. The van der Waals surface area contributed by atoms with Crippen LogP contribution in [0.3, 0.4) is 0 Å². The quantitative estimate of drug-likeness (QED) is 0.185. The topological polar surface area (TPSA) is 125 Å². The third-order valence-corrected chi connectivity index (χ3v) is 8.34. The van der Waals surface area contributed by atoms with Crippen molar-refractivity contribution in [3.05, 3.63) is 50.5 Å². The van der Waals surface area contributed by atoms with E-state index < -0.39 is 22.9 Å². The van der Waals surface area contributed by atoms with Gasteiger partial charge in [-0.1, -0.05) is 6.92 Å². The molecule has 1 aromatic rings. The van der Waals surface area contributed by atoms with Crippen molar-refractivity contribution in [1.29, 1.82) is 0 Å². The Balaban J connectivity index is 1.55. The number of hydrogen-bond acceptors (Lipinski definition) is 8. The molecule has 0 spiro atoms. The summed E-state index contributed by atoms with van der Waals surface area (Å²) in [6, 6.07) is 5.45. The van der Waals surface area contributed by atoms with Crippen molar-refractivity contribution < 1.29 is 24.4 Å². The summed E-state index contributed by atoms with van der Waals surface area (Å²) in [5.41, 5.74) is 0.770. The maximum atomic E-state index is 13.2. The minimum atomic E-state index is -0.821. The lowest BCUT2D eigenvalue weighted by atomic mass is 9.79. The van der Waals surface area contributed by atoms with E-state index in [9.17, 15) is 24.8 Å². The van der Waals surface area contributed by atoms with E-state index in [2.05, 4.69) is 5.32 Å². The van der Waals surface area contributed by atoms with E-state index in [1.54, 1.807) is 6.92 Å². The van der Waals surface area contributed by atoms with Gasteiger partial charge in [0, 0.05) is 48.3 Å². The van der Waals surface area contributed by atoms with Crippen molar-refractivity contribution in [3.63, 3.8) is 0 Å². The number of amides is 1. The molecule has 3 aliphatic heterocycles. The Kier molecular flexibility index (Phi) is 6.83. The third kappa shape index (κ3) is 4.37. The maximum absolute atomic E-state index is 13.2. The zero-order valence-corrected chi connectivity index (χ0v) is 20.6. The molecule has 3 aliphatic rings. The summed E-state index contributed by atoms with van der Waals surface area (Å²) in [6.45, 7) is 4.79. The van der Waals surface area contributed by atoms with E-state index in [1.807, 2.05) is 18.9 Å². The summed E-state index contributed by atoms with van der Waals surface area (Å²) in [7, 11) is 1.90. The highest BCUT2D eigenvalue weighted by Crippen LogP contribution is 2.51. The average molecular weight is 507 g/mol. The largest absolute Gasteiger partial charge is 0.456 e. The van der Waals surface area contributed by atoms with E-state index in [1.165, 1.54) is 40.9 Å². The number of nitrogens with zero attached hydrogens (tertiary/aromatic N) is 3. The normalized spacial score (nSPS) is 27.2. The molecule has 12 heteroatoms. The van der Waals surface area contributed by atoms with Gasteiger partial charge in [0.2, 0.25) is 5.91 Å². The van der Waals surface area contributed by atoms with E-state index in [0.717, 1.165) is 4.91 Å². The maximum Gasteiger partial charge on any atom is 0.356 e. The van der Waals surface area contributed by atoms with Crippen LogP contribution in [0.2, 0.25) is 0 Å². The molecule has 5 atom stereocenters. The zero-order valence-electron chi connectivity index (χ0n) is 19.0. The van der Waals surface area contributed by atoms with Crippen LogP contribution in [-0.4, -0.2) is 74.4 Å². The van der Waals surface area contributed by atoms with E-state index >= 15 is 0 Å². The summed E-state index contributed by atoms with van der Waals surface area (Å²) < 4.78 is 5.53. The number of fused-ring (bicyclic) bond motifs is 1. The number of carbonyl (C=O) groups is 2. The van der Waals surface area contributed by atoms with Gasteiger partial charge in [-0.2, -0.15) is 0 Å². The van der Waals surface area contributed by atoms with Crippen molar-refractivity contribution in [2.45, 2.75) is 37.9 Å². The van der Waals surface area contributed by atoms with Crippen LogP contribution in [0.1, 0.15) is 19.4 Å². The predicted octanol–water partition coefficient (Wildman–Crippen LogP) is 1.63. The SMILES string of the molecule is C[C@@H](O)[C@H]1C(=O)N2C(C(=O)OCc3ccc([N+](=O)[O-])cc3)=C(SC3CNC(=S)N(C)C3)[C@H](C)[C@H]12. The van der Waals surface area contributed by atoms with E-state index in [4.69, 9.17) is 17.0 Å². The van der Waals surface area contributed by atoms with Gasteiger partial charge in [-0.3, -0.25) is 14.9 Å². The Morgan fingerprint density at radius 2 is 2.09 bits per heavy atom. The lowest BCUT2D eigenvalue weighted by Gasteiger charge is -2.46. The first kappa shape index (κ1) is 24.4. The number of ether oxygens (including phenoxy) is 1. The minimum absolute atomic E-state index is 0.0511. The smallest absolute Gasteiger partial charge is 0.356 e. The van der Waals surface area contributed by atoms with Crippen LogP contribution in [0.25, 0.3) is 0 Å². The highest BCUT2D eigenvalue weighted by atomic mass is 32.2. The molecule has 4 rings (SSSR count). The summed E-state index contributed by atoms with van der Waals surface area (Å²) in [6.07, 6.45) is -0.821. The molecular formula is C22H26N4O6S2.